The highest BCUT2D eigenvalue weighted by Crippen LogP contribution is 2.35. The van der Waals surface area contributed by atoms with Crippen LogP contribution in [0, 0.1) is 0 Å². The third-order valence-corrected chi connectivity index (χ3v) is 9.48. The van der Waals surface area contributed by atoms with Crippen LogP contribution in [-0.2, 0) is 0 Å². The Morgan fingerprint density at radius 2 is 0.729 bits per heavy atom. The third kappa shape index (κ3) is 4.95. The fourth-order valence-electron chi connectivity index (χ4n) is 7.32. The Hall–Kier alpha value is -6.26. The van der Waals surface area contributed by atoms with Crippen molar-refractivity contribution in [3.05, 3.63) is 226 Å². The maximum Gasteiger partial charge on any atom is 0.0728 e. The third-order valence-electron chi connectivity index (χ3n) is 9.48. The first kappa shape index (κ1) is 28.0. The van der Waals surface area contributed by atoms with Crippen LogP contribution >= 0.6 is 0 Å². The lowest BCUT2D eigenvalue weighted by atomic mass is 9.98. The molecule has 5 heterocycles. The Bertz CT molecular complexity index is 2210. The normalized spacial score (nSPS) is 18.3. The van der Waals surface area contributed by atoms with E-state index >= 15 is 0 Å². The number of nitrogens with one attached hydrogen (secondary N) is 4. The molecule has 0 saturated carbocycles. The van der Waals surface area contributed by atoms with E-state index in [2.05, 4.69) is 190 Å². The molecular formula is C44H34N4. The van der Waals surface area contributed by atoms with Crippen molar-refractivity contribution in [2.45, 2.75) is 12.1 Å². The summed E-state index contributed by atoms with van der Waals surface area (Å²) < 4.78 is 0. The molecule has 0 saturated heterocycles. The van der Waals surface area contributed by atoms with Gasteiger partial charge in [0.15, 0.2) is 0 Å². The molecule has 4 aromatic carbocycles. The van der Waals surface area contributed by atoms with Crippen LogP contribution in [0.1, 0.15) is 33.6 Å². The smallest absolute Gasteiger partial charge is 0.0728 e. The van der Waals surface area contributed by atoms with Crippen molar-refractivity contribution in [3.63, 3.8) is 0 Å². The number of hydrogen-bond donors (Lipinski definition) is 4. The molecule has 0 fully saturated rings. The number of fused-ring (bicyclic) bond motifs is 8. The van der Waals surface area contributed by atoms with Crippen LogP contribution in [0.5, 0.6) is 0 Å². The second-order valence-electron chi connectivity index (χ2n) is 12.4. The maximum atomic E-state index is 3.93. The van der Waals surface area contributed by atoms with Gasteiger partial charge in [-0.3, -0.25) is 0 Å². The Labute approximate surface area is 279 Å². The minimum atomic E-state index is -0.0361. The van der Waals surface area contributed by atoms with E-state index in [-0.39, 0.29) is 12.1 Å². The van der Waals surface area contributed by atoms with E-state index < -0.39 is 0 Å². The second kappa shape index (κ2) is 11.8. The number of aromatic amines is 2. The average Bonchev–Trinajstić information content (AvgIpc) is 3.98. The molecular weight excluding hydrogens is 585 g/mol. The lowest BCUT2D eigenvalue weighted by Gasteiger charge is -2.19. The molecule has 6 aromatic rings. The second-order valence-corrected chi connectivity index (χ2v) is 12.4. The lowest BCUT2D eigenvalue weighted by Crippen LogP contribution is -2.31. The van der Waals surface area contributed by atoms with Crippen molar-refractivity contribution in [2.75, 3.05) is 0 Å². The van der Waals surface area contributed by atoms with Crippen molar-refractivity contribution < 1.29 is 0 Å². The summed E-state index contributed by atoms with van der Waals surface area (Å²) >= 11 is 0. The molecule has 0 radical (unpaired) electrons. The summed E-state index contributed by atoms with van der Waals surface area (Å²) in [6.45, 7) is 0. The van der Waals surface area contributed by atoms with E-state index in [1.807, 2.05) is 0 Å². The predicted molar refractivity (Wildman–Crippen MR) is 196 cm³/mol. The average molecular weight is 619 g/mol. The van der Waals surface area contributed by atoms with Crippen molar-refractivity contribution in [1.29, 1.82) is 0 Å². The molecule has 8 bridgehead atoms. The van der Waals surface area contributed by atoms with Crippen molar-refractivity contribution in [2.24, 2.45) is 0 Å². The molecule has 4 nitrogen and oxygen atoms in total. The van der Waals surface area contributed by atoms with Gasteiger partial charge in [-0.05, 0) is 58.7 Å². The standard InChI is InChI=1S/C44H34N4/c1-5-13-29(14-6-1)41-33-21-23-35(45-33)42(30-15-7-2-8-16-30)37-25-27-39(47-37)44(32-19-11-4-12-20-32)40-28-26-38(48-40)43(31-17-9-3-10-18-31)36-24-22-34(41)46-36/h1-28,33,38,45-48H. The van der Waals surface area contributed by atoms with Gasteiger partial charge >= 0.3 is 0 Å². The van der Waals surface area contributed by atoms with Crippen LogP contribution < -0.4 is 21.3 Å². The van der Waals surface area contributed by atoms with Crippen molar-refractivity contribution >= 4 is 22.3 Å². The summed E-state index contributed by atoms with van der Waals surface area (Å²) in [5, 5.41) is 10.0. The van der Waals surface area contributed by atoms with Crippen LogP contribution in [0.2, 0.25) is 0 Å². The summed E-state index contributed by atoms with van der Waals surface area (Å²) in [6.07, 6.45) is 9.05. The van der Waals surface area contributed by atoms with E-state index in [1.165, 1.54) is 22.3 Å². The monoisotopic (exact) mass is 618 g/mol. The minimum Gasteiger partial charge on any atom is -0.374 e. The van der Waals surface area contributed by atoms with E-state index in [4.69, 9.17) is 0 Å². The van der Waals surface area contributed by atoms with Crippen LogP contribution in [0.4, 0.5) is 0 Å². The molecule has 4 heteroatoms. The Balaban J connectivity index is 1.36. The molecule has 48 heavy (non-hydrogen) atoms. The van der Waals surface area contributed by atoms with Crippen molar-refractivity contribution in [3.8, 4) is 0 Å². The molecule has 4 N–H and O–H groups in total. The quantitative estimate of drug-likeness (QED) is 0.172. The Morgan fingerprint density at radius 1 is 0.354 bits per heavy atom. The lowest BCUT2D eigenvalue weighted by molar-refractivity contribution is 0.849. The van der Waals surface area contributed by atoms with Gasteiger partial charge in [-0.25, -0.2) is 0 Å². The molecule has 2 atom stereocenters. The van der Waals surface area contributed by atoms with E-state index in [0.717, 1.165) is 55.8 Å². The number of hydrogen-bond acceptors (Lipinski definition) is 2. The highest BCUT2D eigenvalue weighted by atomic mass is 15.0. The van der Waals surface area contributed by atoms with Crippen LogP contribution in [0.15, 0.2) is 181 Å². The zero-order valence-electron chi connectivity index (χ0n) is 26.3. The topological polar surface area (TPSA) is 55.6 Å². The van der Waals surface area contributed by atoms with E-state index in [0.29, 0.717) is 0 Å². The van der Waals surface area contributed by atoms with Crippen molar-refractivity contribution in [1.82, 2.24) is 20.6 Å². The van der Waals surface area contributed by atoms with Gasteiger partial charge in [0.1, 0.15) is 0 Å². The van der Waals surface area contributed by atoms with Gasteiger partial charge in [0, 0.05) is 55.8 Å². The molecule has 2 aromatic heterocycles. The fourth-order valence-corrected chi connectivity index (χ4v) is 7.32. The molecule has 0 aliphatic carbocycles. The van der Waals surface area contributed by atoms with Crippen LogP contribution in [0.3, 0.4) is 0 Å². The molecule has 3 aliphatic rings. The molecule has 0 amide bonds. The fraction of sp³-hybridized carbons (Fsp3) is 0.0455. The number of rotatable bonds is 4. The largest absolute Gasteiger partial charge is 0.374 e. The highest BCUT2D eigenvalue weighted by molar-refractivity contribution is 5.88. The van der Waals surface area contributed by atoms with Gasteiger partial charge in [-0.1, -0.05) is 133 Å². The van der Waals surface area contributed by atoms with Gasteiger partial charge in [-0.2, -0.15) is 0 Å². The summed E-state index contributed by atoms with van der Waals surface area (Å²) in [4.78, 5) is 7.75. The SMILES string of the molecule is C1=CC2NC1=C(c1ccccc1)c1ccc([nH]1)C(c1ccccc1)=C1C=CC(N1)C(c1ccccc1)=c1ccc([nH]1)=C2c1ccccc1. The van der Waals surface area contributed by atoms with Gasteiger partial charge < -0.3 is 20.6 Å². The van der Waals surface area contributed by atoms with Gasteiger partial charge in [0.25, 0.3) is 0 Å². The van der Waals surface area contributed by atoms with Gasteiger partial charge in [-0.15, -0.1) is 0 Å². The first-order chi connectivity index (χ1) is 23.8. The summed E-state index contributed by atoms with van der Waals surface area (Å²) in [5.41, 5.74) is 13.6. The maximum absolute atomic E-state index is 3.93. The first-order valence-electron chi connectivity index (χ1n) is 16.5. The Morgan fingerprint density at radius 3 is 1.12 bits per heavy atom. The zero-order valence-corrected chi connectivity index (χ0v) is 26.3. The molecule has 2 unspecified atom stereocenters. The number of H-pyrrole nitrogens is 2. The Kier molecular flexibility index (Phi) is 6.90. The number of benzene rings is 4. The van der Waals surface area contributed by atoms with Gasteiger partial charge in [0.2, 0.25) is 0 Å². The number of allylic oxidation sites excluding steroid dienone is 2. The molecule has 3 aliphatic heterocycles. The van der Waals surface area contributed by atoms with Crippen LogP contribution in [-0.4, -0.2) is 22.1 Å². The molecule has 0 spiro atoms. The van der Waals surface area contributed by atoms with Crippen LogP contribution in [0.25, 0.3) is 22.3 Å². The zero-order chi connectivity index (χ0) is 31.9. The predicted octanol–water partition coefficient (Wildman–Crippen LogP) is 7.03. The van der Waals surface area contributed by atoms with Gasteiger partial charge in [0.05, 0.1) is 12.1 Å². The molecule has 9 rings (SSSR count). The highest BCUT2D eigenvalue weighted by Gasteiger charge is 2.27. The van der Waals surface area contributed by atoms with E-state index in [1.54, 1.807) is 0 Å². The molecule has 230 valence electrons. The summed E-state index contributed by atoms with van der Waals surface area (Å²) in [7, 11) is 0. The minimum absolute atomic E-state index is 0.0361. The number of aromatic nitrogens is 2. The summed E-state index contributed by atoms with van der Waals surface area (Å²) in [6, 6.07) is 51.6. The first-order valence-corrected chi connectivity index (χ1v) is 16.5. The van der Waals surface area contributed by atoms with E-state index in [9.17, 15) is 0 Å². The summed E-state index contributed by atoms with van der Waals surface area (Å²) in [5.74, 6) is 0.